The van der Waals surface area contributed by atoms with Crippen LogP contribution in [0.1, 0.15) is 38.7 Å². The van der Waals surface area contributed by atoms with Gasteiger partial charge in [0.1, 0.15) is 5.01 Å². The maximum Gasteiger partial charge on any atom is 0.262 e. The van der Waals surface area contributed by atoms with Gasteiger partial charge in [0.15, 0.2) is 0 Å². The third kappa shape index (κ3) is 1.70. The SMILES string of the molecule is CC(c1nnc(N)s1)N1C(=O)c2ccccc2C1=O. The zero-order valence-corrected chi connectivity index (χ0v) is 10.8. The number of benzene rings is 1. The van der Waals surface area contributed by atoms with Gasteiger partial charge < -0.3 is 5.73 Å². The molecule has 0 saturated heterocycles. The van der Waals surface area contributed by atoms with Gasteiger partial charge in [-0.3, -0.25) is 14.5 Å². The quantitative estimate of drug-likeness (QED) is 0.838. The minimum absolute atomic E-state index is 0.304. The van der Waals surface area contributed by atoms with Crippen molar-refractivity contribution >= 4 is 28.3 Å². The van der Waals surface area contributed by atoms with Crippen LogP contribution in [0.3, 0.4) is 0 Å². The Bertz CT molecular complexity index is 647. The largest absolute Gasteiger partial charge is 0.374 e. The van der Waals surface area contributed by atoms with Gasteiger partial charge in [-0.25, -0.2) is 0 Å². The van der Waals surface area contributed by atoms with E-state index in [1.54, 1.807) is 31.2 Å². The van der Waals surface area contributed by atoms with Crippen LogP contribution in [0.25, 0.3) is 0 Å². The number of nitrogen functional groups attached to an aromatic ring is 1. The van der Waals surface area contributed by atoms with Crippen molar-refractivity contribution in [3.63, 3.8) is 0 Å². The molecule has 2 aromatic rings. The predicted octanol–water partition coefficient (Wildman–Crippen LogP) is 1.48. The van der Waals surface area contributed by atoms with E-state index in [1.165, 1.54) is 16.2 Å². The molecule has 1 aromatic heterocycles. The third-order valence-electron chi connectivity index (χ3n) is 3.03. The van der Waals surface area contributed by atoms with E-state index in [1.807, 2.05) is 0 Å². The first kappa shape index (κ1) is 11.8. The number of fused-ring (bicyclic) bond motifs is 1. The molecule has 96 valence electrons. The molecule has 3 rings (SSSR count). The fourth-order valence-corrected chi connectivity index (χ4v) is 2.74. The van der Waals surface area contributed by atoms with Crippen LogP contribution in [0.4, 0.5) is 5.13 Å². The molecule has 2 amide bonds. The number of nitrogens with zero attached hydrogens (tertiary/aromatic N) is 3. The third-order valence-corrected chi connectivity index (χ3v) is 3.95. The van der Waals surface area contributed by atoms with Gasteiger partial charge in [0, 0.05) is 0 Å². The highest BCUT2D eigenvalue weighted by molar-refractivity contribution is 7.15. The number of hydrogen-bond acceptors (Lipinski definition) is 6. The summed E-state index contributed by atoms with van der Waals surface area (Å²) >= 11 is 1.17. The average molecular weight is 274 g/mol. The Morgan fingerprint density at radius 1 is 1.16 bits per heavy atom. The molecule has 0 bridgehead atoms. The Morgan fingerprint density at radius 2 is 1.74 bits per heavy atom. The number of rotatable bonds is 2. The number of carbonyl (C=O) groups excluding carboxylic acids is 2. The van der Waals surface area contributed by atoms with E-state index in [2.05, 4.69) is 10.2 Å². The molecule has 7 heteroatoms. The molecule has 6 nitrogen and oxygen atoms in total. The first-order valence-corrected chi connectivity index (χ1v) is 6.47. The van der Waals surface area contributed by atoms with E-state index in [9.17, 15) is 9.59 Å². The molecule has 1 unspecified atom stereocenters. The highest BCUT2D eigenvalue weighted by Gasteiger charge is 2.39. The molecule has 1 aromatic carbocycles. The lowest BCUT2D eigenvalue weighted by molar-refractivity contribution is 0.0594. The van der Waals surface area contributed by atoms with Gasteiger partial charge in [-0.05, 0) is 19.1 Å². The summed E-state index contributed by atoms with van der Waals surface area (Å²) in [7, 11) is 0. The van der Waals surface area contributed by atoms with Crippen molar-refractivity contribution in [1.29, 1.82) is 0 Å². The van der Waals surface area contributed by atoms with Gasteiger partial charge >= 0.3 is 0 Å². The summed E-state index contributed by atoms with van der Waals surface area (Å²) in [6, 6.07) is 6.30. The summed E-state index contributed by atoms with van der Waals surface area (Å²) in [4.78, 5) is 25.7. The van der Waals surface area contributed by atoms with Gasteiger partial charge in [-0.1, -0.05) is 23.5 Å². The van der Waals surface area contributed by atoms with E-state index in [0.717, 1.165) is 0 Å². The normalized spacial score (nSPS) is 15.7. The van der Waals surface area contributed by atoms with Crippen molar-refractivity contribution in [1.82, 2.24) is 15.1 Å². The number of carbonyl (C=O) groups is 2. The van der Waals surface area contributed by atoms with Crippen LogP contribution in [0.15, 0.2) is 24.3 Å². The molecular formula is C12H10N4O2S. The number of imide groups is 1. The molecule has 0 radical (unpaired) electrons. The van der Waals surface area contributed by atoms with Crippen molar-refractivity contribution in [3.8, 4) is 0 Å². The summed E-state index contributed by atoms with van der Waals surface area (Å²) in [6.45, 7) is 1.74. The van der Waals surface area contributed by atoms with E-state index < -0.39 is 6.04 Å². The van der Waals surface area contributed by atoms with Gasteiger partial charge in [-0.15, -0.1) is 10.2 Å². The summed E-state index contributed by atoms with van der Waals surface area (Å²) in [5, 5.41) is 8.46. The number of nitrogens with two attached hydrogens (primary N) is 1. The molecule has 0 saturated carbocycles. The van der Waals surface area contributed by atoms with Crippen molar-refractivity contribution < 1.29 is 9.59 Å². The summed E-state index contributed by atoms with van der Waals surface area (Å²) in [6.07, 6.45) is 0. The van der Waals surface area contributed by atoms with E-state index >= 15 is 0 Å². The second kappa shape index (κ2) is 4.13. The molecule has 1 aliphatic heterocycles. The van der Waals surface area contributed by atoms with Gasteiger partial charge in [-0.2, -0.15) is 0 Å². The van der Waals surface area contributed by atoms with Gasteiger partial charge in [0.2, 0.25) is 5.13 Å². The maximum atomic E-state index is 12.3. The Balaban J connectivity index is 2.00. The highest BCUT2D eigenvalue weighted by Crippen LogP contribution is 2.32. The second-order valence-corrected chi connectivity index (χ2v) is 5.22. The molecule has 0 aliphatic carbocycles. The zero-order chi connectivity index (χ0) is 13.6. The summed E-state index contributed by atoms with van der Waals surface area (Å²) in [5.74, 6) is -0.608. The lowest BCUT2D eigenvalue weighted by Gasteiger charge is -2.19. The van der Waals surface area contributed by atoms with Crippen LogP contribution in [0, 0.1) is 0 Å². The second-order valence-electron chi connectivity index (χ2n) is 4.18. The zero-order valence-electron chi connectivity index (χ0n) is 10.0. The fourth-order valence-electron chi connectivity index (χ4n) is 2.09. The van der Waals surface area contributed by atoms with Crippen molar-refractivity contribution in [2.45, 2.75) is 13.0 Å². The average Bonchev–Trinajstić information content (AvgIpc) is 2.94. The summed E-state index contributed by atoms with van der Waals surface area (Å²) < 4.78 is 0. The topological polar surface area (TPSA) is 89.2 Å². The number of aromatic nitrogens is 2. The molecule has 0 fully saturated rings. The summed E-state index contributed by atoms with van der Waals surface area (Å²) in [5.41, 5.74) is 6.38. The standard InChI is InChI=1S/C12H10N4O2S/c1-6(9-14-15-12(13)19-9)16-10(17)7-4-2-3-5-8(7)11(16)18/h2-6H,1H3,(H2,13,15). The van der Waals surface area contributed by atoms with Crippen LogP contribution in [0.5, 0.6) is 0 Å². The molecular weight excluding hydrogens is 264 g/mol. The van der Waals surface area contributed by atoms with Crippen LogP contribution in [-0.4, -0.2) is 26.9 Å². The van der Waals surface area contributed by atoms with Gasteiger partial charge in [0.05, 0.1) is 17.2 Å². The van der Waals surface area contributed by atoms with Crippen molar-refractivity contribution in [2.24, 2.45) is 0 Å². The predicted molar refractivity (Wildman–Crippen MR) is 69.7 cm³/mol. The smallest absolute Gasteiger partial charge is 0.262 e. The van der Waals surface area contributed by atoms with Crippen LogP contribution >= 0.6 is 11.3 Å². The molecule has 2 N–H and O–H groups in total. The van der Waals surface area contributed by atoms with Crippen LogP contribution in [-0.2, 0) is 0 Å². The molecule has 1 atom stereocenters. The fraction of sp³-hybridized carbons (Fsp3) is 0.167. The Morgan fingerprint density at radius 3 is 2.21 bits per heavy atom. The molecule has 2 heterocycles. The van der Waals surface area contributed by atoms with E-state index in [0.29, 0.717) is 21.3 Å². The first-order chi connectivity index (χ1) is 9.09. The van der Waals surface area contributed by atoms with Crippen molar-refractivity contribution in [3.05, 3.63) is 40.4 Å². The number of anilines is 1. The first-order valence-electron chi connectivity index (χ1n) is 5.65. The van der Waals surface area contributed by atoms with Crippen molar-refractivity contribution in [2.75, 3.05) is 5.73 Å². The van der Waals surface area contributed by atoms with Gasteiger partial charge in [0.25, 0.3) is 11.8 Å². The molecule has 0 spiro atoms. The Hall–Kier alpha value is -2.28. The van der Waals surface area contributed by atoms with E-state index in [-0.39, 0.29) is 11.8 Å². The number of hydrogen-bond donors (Lipinski definition) is 1. The van der Waals surface area contributed by atoms with Crippen LogP contribution < -0.4 is 5.73 Å². The molecule has 1 aliphatic rings. The minimum Gasteiger partial charge on any atom is -0.374 e. The highest BCUT2D eigenvalue weighted by atomic mass is 32.1. The van der Waals surface area contributed by atoms with Crippen LogP contribution in [0.2, 0.25) is 0 Å². The Kier molecular flexibility index (Phi) is 2.56. The number of amides is 2. The maximum absolute atomic E-state index is 12.3. The lowest BCUT2D eigenvalue weighted by atomic mass is 10.1. The minimum atomic E-state index is -0.470. The monoisotopic (exact) mass is 274 g/mol. The lowest BCUT2D eigenvalue weighted by Crippen LogP contribution is -2.32. The molecule has 19 heavy (non-hydrogen) atoms. The Labute approximate surface area is 112 Å². The van der Waals surface area contributed by atoms with E-state index in [4.69, 9.17) is 5.73 Å².